The molecule has 0 radical (unpaired) electrons. The van der Waals surface area contributed by atoms with E-state index in [9.17, 15) is 4.79 Å². The topological polar surface area (TPSA) is 77.1 Å². The highest BCUT2D eigenvalue weighted by atomic mass is 35.5. The quantitative estimate of drug-likeness (QED) is 0.356. The largest absolute Gasteiger partial charge is 0.469 e. The number of anilines is 2. The fraction of sp³-hybridized carbons (Fsp3) is 0.200. The van der Waals surface area contributed by atoms with E-state index in [4.69, 9.17) is 16.0 Å². The minimum Gasteiger partial charge on any atom is -0.469 e. The fourth-order valence-corrected chi connectivity index (χ4v) is 4.92. The highest BCUT2D eigenvalue weighted by Crippen LogP contribution is 2.33. The van der Waals surface area contributed by atoms with Crippen LogP contribution in [0.4, 0.5) is 10.8 Å². The molecular formula is C20H18ClN5O2S2. The van der Waals surface area contributed by atoms with Crippen molar-refractivity contribution in [1.82, 2.24) is 19.7 Å². The highest BCUT2D eigenvalue weighted by molar-refractivity contribution is 7.98. The second-order valence-corrected chi connectivity index (χ2v) is 8.72. The zero-order valence-electron chi connectivity index (χ0n) is 16.5. The van der Waals surface area contributed by atoms with Gasteiger partial charge in [0.05, 0.1) is 23.2 Å². The van der Waals surface area contributed by atoms with Gasteiger partial charge in [-0.25, -0.2) is 4.98 Å². The average molecular weight is 460 g/mol. The third-order valence-electron chi connectivity index (χ3n) is 4.40. The first kappa shape index (κ1) is 20.6. The first-order valence-corrected chi connectivity index (χ1v) is 11.3. The molecule has 0 fully saturated rings. The standard InChI is InChI=1S/C20H18ClN5O2S2/c1-12-17(7-8-28-12)18-23-24-20(25(18)3)30-11-15-10-29-19(22-15)26(13(2)27)16-6-4-5-14(21)9-16/h4-10H,11H2,1-3H3. The van der Waals surface area contributed by atoms with Crippen LogP contribution in [0.3, 0.4) is 0 Å². The molecule has 0 atom stereocenters. The molecule has 4 rings (SSSR count). The maximum atomic E-state index is 12.2. The van der Waals surface area contributed by atoms with Crippen molar-refractivity contribution in [2.45, 2.75) is 24.8 Å². The number of carbonyl (C=O) groups is 1. The molecule has 0 saturated heterocycles. The summed E-state index contributed by atoms with van der Waals surface area (Å²) in [6, 6.07) is 9.05. The summed E-state index contributed by atoms with van der Waals surface area (Å²) in [5.74, 6) is 2.04. The lowest BCUT2D eigenvalue weighted by Gasteiger charge is -2.18. The number of halogens is 1. The Morgan fingerprint density at radius 2 is 2.17 bits per heavy atom. The highest BCUT2D eigenvalue weighted by Gasteiger charge is 2.19. The molecule has 7 nitrogen and oxygen atoms in total. The van der Waals surface area contributed by atoms with Crippen LogP contribution in [0.15, 0.2) is 51.5 Å². The molecule has 0 aliphatic heterocycles. The van der Waals surface area contributed by atoms with Gasteiger partial charge in [0.25, 0.3) is 0 Å². The molecule has 3 aromatic heterocycles. The van der Waals surface area contributed by atoms with Crippen LogP contribution < -0.4 is 4.90 Å². The summed E-state index contributed by atoms with van der Waals surface area (Å²) >= 11 is 9.04. The summed E-state index contributed by atoms with van der Waals surface area (Å²) in [7, 11) is 1.92. The van der Waals surface area contributed by atoms with Crippen LogP contribution in [0.1, 0.15) is 18.4 Å². The Bertz CT molecular complexity index is 1200. The van der Waals surface area contributed by atoms with Gasteiger partial charge in [-0.3, -0.25) is 9.69 Å². The van der Waals surface area contributed by atoms with Crippen LogP contribution in [-0.2, 0) is 17.6 Å². The Labute approximate surface area is 186 Å². The van der Waals surface area contributed by atoms with Crippen LogP contribution in [0.5, 0.6) is 0 Å². The number of nitrogens with zero attached hydrogens (tertiary/aromatic N) is 5. The van der Waals surface area contributed by atoms with Crippen molar-refractivity contribution in [3.05, 3.63) is 58.5 Å². The van der Waals surface area contributed by atoms with E-state index in [2.05, 4.69) is 15.2 Å². The number of amides is 1. The van der Waals surface area contributed by atoms with Crippen molar-refractivity contribution < 1.29 is 9.21 Å². The Kier molecular flexibility index (Phi) is 5.94. The van der Waals surface area contributed by atoms with Crippen molar-refractivity contribution in [3.63, 3.8) is 0 Å². The van der Waals surface area contributed by atoms with Crippen LogP contribution in [0.2, 0.25) is 5.02 Å². The van der Waals surface area contributed by atoms with Gasteiger partial charge in [-0.1, -0.05) is 29.4 Å². The Morgan fingerprint density at radius 3 is 2.87 bits per heavy atom. The van der Waals surface area contributed by atoms with E-state index in [1.807, 2.05) is 42.1 Å². The van der Waals surface area contributed by atoms with Gasteiger partial charge in [0.2, 0.25) is 5.91 Å². The maximum Gasteiger partial charge on any atom is 0.230 e. The molecule has 0 unspecified atom stereocenters. The third-order valence-corrected chi connectivity index (χ3v) is 6.56. The monoisotopic (exact) mass is 459 g/mol. The van der Waals surface area contributed by atoms with Gasteiger partial charge < -0.3 is 8.98 Å². The summed E-state index contributed by atoms with van der Waals surface area (Å²) in [4.78, 5) is 18.5. The number of thioether (sulfide) groups is 1. The van der Waals surface area contributed by atoms with Gasteiger partial charge in [0.1, 0.15) is 5.76 Å². The number of aryl methyl sites for hydroxylation is 1. The van der Waals surface area contributed by atoms with E-state index in [1.165, 1.54) is 30.0 Å². The molecular weight excluding hydrogens is 442 g/mol. The maximum absolute atomic E-state index is 12.2. The van der Waals surface area contributed by atoms with E-state index in [1.54, 1.807) is 23.3 Å². The van der Waals surface area contributed by atoms with Gasteiger partial charge in [-0.2, -0.15) is 0 Å². The van der Waals surface area contributed by atoms with Crippen molar-refractivity contribution in [3.8, 4) is 11.4 Å². The Morgan fingerprint density at radius 1 is 1.33 bits per heavy atom. The van der Waals surface area contributed by atoms with E-state index < -0.39 is 0 Å². The first-order valence-electron chi connectivity index (χ1n) is 9.01. The van der Waals surface area contributed by atoms with Gasteiger partial charge in [0, 0.05) is 30.1 Å². The molecule has 4 aromatic rings. The zero-order chi connectivity index (χ0) is 21.3. The van der Waals surface area contributed by atoms with Crippen molar-refractivity contribution in [2.24, 2.45) is 7.05 Å². The van der Waals surface area contributed by atoms with Crippen LogP contribution in [0.25, 0.3) is 11.4 Å². The molecule has 0 aliphatic rings. The first-order chi connectivity index (χ1) is 14.4. The van der Waals surface area contributed by atoms with Crippen LogP contribution in [0, 0.1) is 6.92 Å². The number of thiazole rings is 1. The molecule has 30 heavy (non-hydrogen) atoms. The van der Waals surface area contributed by atoms with Crippen LogP contribution >= 0.6 is 34.7 Å². The minimum atomic E-state index is -0.126. The molecule has 1 amide bonds. The fourth-order valence-electron chi connectivity index (χ4n) is 2.94. The van der Waals surface area contributed by atoms with E-state index in [0.717, 1.165) is 28.0 Å². The second-order valence-electron chi connectivity index (χ2n) is 6.50. The van der Waals surface area contributed by atoms with E-state index in [0.29, 0.717) is 21.6 Å². The summed E-state index contributed by atoms with van der Waals surface area (Å²) in [6.07, 6.45) is 1.64. The molecule has 10 heteroatoms. The predicted molar refractivity (Wildman–Crippen MR) is 119 cm³/mol. The number of aromatic nitrogens is 4. The molecule has 0 saturated carbocycles. The molecule has 1 aromatic carbocycles. The van der Waals surface area contributed by atoms with Gasteiger partial charge in [-0.15, -0.1) is 21.5 Å². The number of carbonyl (C=O) groups excluding carboxylic acids is 1. The number of rotatable bonds is 6. The smallest absolute Gasteiger partial charge is 0.230 e. The minimum absolute atomic E-state index is 0.126. The predicted octanol–water partition coefficient (Wildman–Crippen LogP) is 5.47. The molecule has 0 spiro atoms. The molecule has 3 heterocycles. The van der Waals surface area contributed by atoms with Crippen molar-refractivity contribution in [1.29, 1.82) is 0 Å². The van der Waals surface area contributed by atoms with Crippen molar-refractivity contribution >= 4 is 51.4 Å². The number of hydrogen-bond acceptors (Lipinski definition) is 7. The number of benzene rings is 1. The lowest BCUT2D eigenvalue weighted by Crippen LogP contribution is -2.22. The third kappa shape index (κ3) is 4.14. The van der Waals surface area contributed by atoms with E-state index >= 15 is 0 Å². The molecule has 0 aliphatic carbocycles. The number of furan rings is 1. The van der Waals surface area contributed by atoms with Gasteiger partial charge >= 0.3 is 0 Å². The summed E-state index contributed by atoms with van der Waals surface area (Å²) < 4.78 is 7.30. The SMILES string of the molecule is CC(=O)N(c1cccc(Cl)c1)c1nc(CSc2nnc(-c3ccoc3C)n2C)cs1. The summed E-state index contributed by atoms with van der Waals surface area (Å²) in [5.41, 5.74) is 2.47. The molecule has 0 N–H and O–H groups in total. The van der Waals surface area contributed by atoms with Crippen molar-refractivity contribution in [2.75, 3.05) is 4.90 Å². The zero-order valence-corrected chi connectivity index (χ0v) is 18.9. The van der Waals surface area contributed by atoms with Crippen LogP contribution in [-0.4, -0.2) is 25.7 Å². The summed E-state index contributed by atoms with van der Waals surface area (Å²) in [5, 5.41) is 12.5. The summed E-state index contributed by atoms with van der Waals surface area (Å²) in [6.45, 7) is 3.41. The normalized spacial score (nSPS) is 11.1. The van der Waals surface area contributed by atoms with Gasteiger partial charge in [0.15, 0.2) is 16.1 Å². The van der Waals surface area contributed by atoms with Gasteiger partial charge in [-0.05, 0) is 31.2 Å². The Hall–Kier alpha value is -2.62. The lowest BCUT2D eigenvalue weighted by atomic mass is 10.2. The second kappa shape index (κ2) is 8.63. The lowest BCUT2D eigenvalue weighted by molar-refractivity contribution is -0.115. The Balaban J connectivity index is 1.51. The molecule has 154 valence electrons. The van der Waals surface area contributed by atoms with E-state index in [-0.39, 0.29) is 5.91 Å². The number of hydrogen-bond donors (Lipinski definition) is 0. The molecule has 0 bridgehead atoms. The average Bonchev–Trinajstić information content (AvgIpc) is 3.41.